The van der Waals surface area contributed by atoms with Gasteiger partial charge in [-0.25, -0.2) is 0 Å². The number of anilines is 1. The second-order valence-electron chi connectivity index (χ2n) is 6.60. The highest BCUT2D eigenvalue weighted by atomic mass is 16.4. The molecule has 1 aliphatic heterocycles. The molecule has 0 bridgehead atoms. The molecule has 0 spiro atoms. The van der Waals surface area contributed by atoms with Crippen molar-refractivity contribution in [1.29, 1.82) is 0 Å². The Kier molecular flexibility index (Phi) is 6.96. The lowest BCUT2D eigenvalue weighted by Crippen LogP contribution is -2.52. The number of carbonyl (C=O) groups is 2. The minimum absolute atomic E-state index is 0.0275. The summed E-state index contributed by atoms with van der Waals surface area (Å²) in [6, 6.07) is 5.23. The molecule has 138 valence electrons. The summed E-state index contributed by atoms with van der Waals surface area (Å²) < 4.78 is 0. The number of carbonyl (C=O) groups excluding carboxylic acids is 1. The average Bonchev–Trinajstić information content (AvgIpc) is 2.60. The van der Waals surface area contributed by atoms with E-state index in [1.54, 1.807) is 0 Å². The van der Waals surface area contributed by atoms with E-state index in [2.05, 4.69) is 24.1 Å². The first-order valence-corrected chi connectivity index (χ1v) is 9.02. The number of hydrogen-bond acceptors (Lipinski definition) is 4. The van der Waals surface area contributed by atoms with Crippen LogP contribution in [-0.2, 0) is 22.4 Å². The van der Waals surface area contributed by atoms with Crippen LogP contribution >= 0.6 is 0 Å². The maximum Gasteiger partial charge on any atom is 0.321 e. The molecule has 25 heavy (non-hydrogen) atoms. The Labute approximate surface area is 149 Å². The third-order valence-electron chi connectivity index (χ3n) is 4.91. The number of carboxylic acid groups (broad SMARTS) is 1. The number of piperazine rings is 1. The third kappa shape index (κ3) is 5.03. The Bertz CT molecular complexity index is 588. The van der Waals surface area contributed by atoms with Crippen LogP contribution in [0.15, 0.2) is 18.2 Å². The molecule has 0 aliphatic carbocycles. The molecule has 0 saturated carbocycles. The average molecular weight is 347 g/mol. The summed E-state index contributed by atoms with van der Waals surface area (Å²) in [5.74, 6) is -1.17. The summed E-state index contributed by atoms with van der Waals surface area (Å²) in [6.07, 6.45) is 1.62. The Morgan fingerprint density at radius 2 is 1.68 bits per heavy atom. The van der Waals surface area contributed by atoms with Crippen LogP contribution in [0.5, 0.6) is 0 Å². The van der Waals surface area contributed by atoms with E-state index in [0.717, 1.165) is 42.7 Å². The van der Waals surface area contributed by atoms with Crippen molar-refractivity contribution in [3.05, 3.63) is 29.3 Å². The SMILES string of the molecule is CCc1cccc(CC)c1NC(=O)C[C@H](C(=O)O)N1CCN(C)CC1. The molecule has 0 aromatic heterocycles. The molecule has 1 atom stereocenters. The Morgan fingerprint density at radius 3 is 2.16 bits per heavy atom. The van der Waals surface area contributed by atoms with Crippen LogP contribution in [0.25, 0.3) is 0 Å². The van der Waals surface area contributed by atoms with E-state index >= 15 is 0 Å². The zero-order valence-corrected chi connectivity index (χ0v) is 15.4. The fourth-order valence-corrected chi connectivity index (χ4v) is 3.28. The number of hydrogen-bond donors (Lipinski definition) is 2. The number of likely N-dealkylation sites (N-methyl/N-ethyl adjacent to an activating group) is 1. The van der Waals surface area contributed by atoms with Crippen molar-refractivity contribution in [2.75, 3.05) is 38.5 Å². The Balaban J connectivity index is 2.08. The van der Waals surface area contributed by atoms with Gasteiger partial charge in [-0.3, -0.25) is 14.5 Å². The van der Waals surface area contributed by atoms with Crippen molar-refractivity contribution in [1.82, 2.24) is 9.80 Å². The van der Waals surface area contributed by atoms with Gasteiger partial charge in [-0.1, -0.05) is 32.0 Å². The van der Waals surface area contributed by atoms with Gasteiger partial charge in [0.2, 0.25) is 5.91 Å². The molecule has 1 fully saturated rings. The van der Waals surface area contributed by atoms with Gasteiger partial charge in [0.05, 0.1) is 6.42 Å². The summed E-state index contributed by atoms with van der Waals surface area (Å²) in [5.41, 5.74) is 3.01. The van der Waals surface area contributed by atoms with E-state index in [0.29, 0.717) is 13.1 Å². The first-order chi connectivity index (χ1) is 12.0. The number of nitrogens with zero attached hydrogens (tertiary/aromatic N) is 2. The molecule has 1 heterocycles. The topological polar surface area (TPSA) is 72.9 Å². The summed E-state index contributed by atoms with van der Waals surface area (Å²) >= 11 is 0. The zero-order valence-electron chi connectivity index (χ0n) is 15.4. The van der Waals surface area contributed by atoms with Crippen LogP contribution < -0.4 is 5.32 Å². The second kappa shape index (κ2) is 8.97. The van der Waals surface area contributed by atoms with Crippen LogP contribution in [0.1, 0.15) is 31.4 Å². The quantitative estimate of drug-likeness (QED) is 0.787. The van der Waals surface area contributed by atoms with Crippen molar-refractivity contribution in [3.8, 4) is 0 Å². The van der Waals surface area contributed by atoms with E-state index in [4.69, 9.17) is 0 Å². The van der Waals surface area contributed by atoms with Crippen molar-refractivity contribution in [2.45, 2.75) is 39.2 Å². The first kappa shape index (κ1) is 19.4. The molecule has 0 unspecified atom stereocenters. The van der Waals surface area contributed by atoms with Crippen molar-refractivity contribution < 1.29 is 14.7 Å². The summed E-state index contributed by atoms with van der Waals surface area (Å²) in [6.45, 7) is 7.09. The van der Waals surface area contributed by atoms with Gasteiger partial charge in [-0.15, -0.1) is 0 Å². The lowest BCUT2D eigenvalue weighted by atomic mass is 10.0. The monoisotopic (exact) mass is 347 g/mol. The van der Waals surface area contributed by atoms with Gasteiger partial charge in [0, 0.05) is 31.9 Å². The summed E-state index contributed by atoms with van der Waals surface area (Å²) in [7, 11) is 2.02. The number of amides is 1. The lowest BCUT2D eigenvalue weighted by Gasteiger charge is -2.35. The van der Waals surface area contributed by atoms with E-state index in [-0.39, 0.29) is 12.3 Å². The van der Waals surface area contributed by atoms with Crippen LogP contribution in [0.4, 0.5) is 5.69 Å². The van der Waals surface area contributed by atoms with E-state index < -0.39 is 12.0 Å². The van der Waals surface area contributed by atoms with Crippen molar-refractivity contribution >= 4 is 17.6 Å². The van der Waals surface area contributed by atoms with Gasteiger partial charge < -0.3 is 15.3 Å². The minimum atomic E-state index is -0.931. The zero-order chi connectivity index (χ0) is 18.4. The molecule has 1 amide bonds. The smallest absolute Gasteiger partial charge is 0.321 e. The molecule has 1 saturated heterocycles. The molecule has 1 aliphatic rings. The number of benzene rings is 1. The first-order valence-electron chi connectivity index (χ1n) is 9.02. The van der Waals surface area contributed by atoms with Gasteiger partial charge in [-0.05, 0) is 31.0 Å². The van der Waals surface area contributed by atoms with Crippen LogP contribution in [0, 0.1) is 0 Å². The minimum Gasteiger partial charge on any atom is -0.480 e. The number of rotatable bonds is 7. The predicted molar refractivity (Wildman–Crippen MR) is 98.9 cm³/mol. The predicted octanol–water partition coefficient (Wildman–Crippen LogP) is 1.84. The molecule has 1 aromatic rings. The number of carboxylic acids is 1. The summed E-state index contributed by atoms with van der Waals surface area (Å²) in [5, 5.41) is 12.5. The fraction of sp³-hybridized carbons (Fsp3) is 0.579. The van der Waals surface area contributed by atoms with E-state index in [1.807, 2.05) is 30.1 Å². The van der Waals surface area contributed by atoms with Gasteiger partial charge >= 0.3 is 5.97 Å². The van der Waals surface area contributed by atoms with Crippen LogP contribution in [0.3, 0.4) is 0 Å². The van der Waals surface area contributed by atoms with Crippen molar-refractivity contribution in [3.63, 3.8) is 0 Å². The normalized spacial score (nSPS) is 17.2. The largest absolute Gasteiger partial charge is 0.480 e. The molecule has 6 heteroatoms. The lowest BCUT2D eigenvalue weighted by molar-refractivity contribution is -0.145. The van der Waals surface area contributed by atoms with Gasteiger partial charge in [0.25, 0.3) is 0 Å². The number of aryl methyl sites for hydroxylation is 2. The maximum atomic E-state index is 12.6. The maximum absolute atomic E-state index is 12.6. The van der Waals surface area contributed by atoms with Gasteiger partial charge in [0.15, 0.2) is 0 Å². The summed E-state index contributed by atoms with van der Waals surface area (Å²) in [4.78, 5) is 28.3. The number of para-hydroxylation sites is 1. The Hall–Kier alpha value is -1.92. The van der Waals surface area contributed by atoms with E-state index in [9.17, 15) is 14.7 Å². The second-order valence-corrected chi connectivity index (χ2v) is 6.60. The highest BCUT2D eigenvalue weighted by molar-refractivity contribution is 5.95. The molecule has 2 rings (SSSR count). The highest BCUT2D eigenvalue weighted by Gasteiger charge is 2.30. The number of aliphatic carboxylic acids is 1. The fourth-order valence-electron chi connectivity index (χ4n) is 3.28. The molecule has 0 radical (unpaired) electrons. The molecular formula is C19H29N3O3. The molecular weight excluding hydrogens is 318 g/mol. The standard InChI is InChI=1S/C19H29N3O3/c1-4-14-7-6-8-15(5-2)18(14)20-17(23)13-16(19(24)25)22-11-9-21(3)10-12-22/h6-8,16H,4-5,9-13H2,1-3H3,(H,20,23)(H,24,25)/t16-/m1/s1. The third-order valence-corrected chi connectivity index (χ3v) is 4.91. The molecule has 1 aromatic carbocycles. The van der Waals surface area contributed by atoms with E-state index in [1.165, 1.54) is 0 Å². The highest BCUT2D eigenvalue weighted by Crippen LogP contribution is 2.23. The molecule has 2 N–H and O–H groups in total. The molecule has 6 nitrogen and oxygen atoms in total. The number of nitrogens with one attached hydrogen (secondary N) is 1. The van der Waals surface area contributed by atoms with Gasteiger partial charge in [-0.2, -0.15) is 0 Å². The van der Waals surface area contributed by atoms with Crippen molar-refractivity contribution in [2.24, 2.45) is 0 Å². The van der Waals surface area contributed by atoms with Crippen LogP contribution in [0.2, 0.25) is 0 Å². The van der Waals surface area contributed by atoms with Gasteiger partial charge in [0.1, 0.15) is 6.04 Å². The van der Waals surface area contributed by atoms with Crippen LogP contribution in [-0.4, -0.2) is 66.1 Å². The Morgan fingerprint density at radius 1 is 1.12 bits per heavy atom.